The molecule has 2 aromatic rings. The third-order valence-corrected chi connectivity index (χ3v) is 3.11. The first-order valence-electron chi connectivity index (χ1n) is 6.04. The summed E-state index contributed by atoms with van der Waals surface area (Å²) in [5.74, 6) is 1.87. The molecule has 1 N–H and O–H groups in total. The molecular formula is C15H18BrNO. The highest BCUT2D eigenvalue weighted by Gasteiger charge is 2.10. The predicted molar refractivity (Wildman–Crippen MR) is 78.4 cm³/mol. The van der Waals surface area contributed by atoms with E-state index < -0.39 is 0 Å². The van der Waals surface area contributed by atoms with Gasteiger partial charge in [-0.05, 0) is 45.0 Å². The highest BCUT2D eigenvalue weighted by atomic mass is 79.9. The zero-order valence-electron chi connectivity index (χ0n) is 11.0. The minimum Gasteiger partial charge on any atom is -0.460 e. The lowest BCUT2D eigenvalue weighted by atomic mass is 10.1. The molecule has 18 heavy (non-hydrogen) atoms. The van der Waals surface area contributed by atoms with Crippen LogP contribution < -0.4 is 5.32 Å². The molecule has 0 aliphatic rings. The topological polar surface area (TPSA) is 25.2 Å². The summed E-state index contributed by atoms with van der Waals surface area (Å²) in [7, 11) is 0. The summed E-state index contributed by atoms with van der Waals surface area (Å²) in [5.41, 5.74) is 1.20. The van der Waals surface area contributed by atoms with Gasteiger partial charge in [-0.1, -0.05) is 28.1 Å². The second kappa shape index (κ2) is 5.29. The fourth-order valence-electron chi connectivity index (χ4n) is 1.59. The van der Waals surface area contributed by atoms with Crippen molar-refractivity contribution in [3.63, 3.8) is 0 Å². The van der Waals surface area contributed by atoms with Crippen molar-refractivity contribution in [1.82, 2.24) is 5.32 Å². The van der Waals surface area contributed by atoms with Gasteiger partial charge in [-0.25, -0.2) is 0 Å². The van der Waals surface area contributed by atoms with E-state index in [0.29, 0.717) is 0 Å². The Morgan fingerprint density at radius 2 is 1.72 bits per heavy atom. The second-order valence-electron chi connectivity index (χ2n) is 5.38. The molecule has 3 heteroatoms. The minimum absolute atomic E-state index is 0.102. The fraction of sp³-hybridized carbons (Fsp3) is 0.333. The molecule has 0 saturated carbocycles. The minimum atomic E-state index is 0.102. The van der Waals surface area contributed by atoms with Gasteiger partial charge in [-0.2, -0.15) is 0 Å². The second-order valence-corrected chi connectivity index (χ2v) is 6.29. The van der Waals surface area contributed by atoms with Crippen molar-refractivity contribution in [2.24, 2.45) is 0 Å². The van der Waals surface area contributed by atoms with Crippen LogP contribution in [0.25, 0.3) is 11.3 Å². The van der Waals surface area contributed by atoms with Crippen LogP contribution in [-0.2, 0) is 6.54 Å². The SMILES string of the molecule is CC(C)(C)NCc1ccc(-c2ccc(Br)cc2)o1. The van der Waals surface area contributed by atoms with Crippen LogP contribution in [0.3, 0.4) is 0 Å². The van der Waals surface area contributed by atoms with Crippen LogP contribution >= 0.6 is 15.9 Å². The number of furan rings is 1. The molecule has 0 atom stereocenters. The van der Waals surface area contributed by atoms with Crippen LogP contribution in [0.2, 0.25) is 0 Å². The van der Waals surface area contributed by atoms with Crippen molar-refractivity contribution in [3.05, 3.63) is 46.6 Å². The van der Waals surface area contributed by atoms with Gasteiger partial charge < -0.3 is 9.73 Å². The summed E-state index contributed by atoms with van der Waals surface area (Å²) in [6, 6.07) is 12.2. The monoisotopic (exact) mass is 307 g/mol. The van der Waals surface area contributed by atoms with E-state index in [9.17, 15) is 0 Å². The Hall–Kier alpha value is -1.06. The van der Waals surface area contributed by atoms with E-state index in [1.807, 2.05) is 36.4 Å². The number of hydrogen-bond donors (Lipinski definition) is 1. The zero-order valence-corrected chi connectivity index (χ0v) is 12.5. The maximum absolute atomic E-state index is 5.83. The molecule has 96 valence electrons. The first-order chi connectivity index (χ1) is 8.44. The van der Waals surface area contributed by atoms with Crippen LogP contribution in [-0.4, -0.2) is 5.54 Å². The summed E-state index contributed by atoms with van der Waals surface area (Å²) >= 11 is 3.43. The molecule has 2 nitrogen and oxygen atoms in total. The first-order valence-corrected chi connectivity index (χ1v) is 6.83. The summed E-state index contributed by atoms with van der Waals surface area (Å²) in [4.78, 5) is 0. The number of halogens is 1. The van der Waals surface area contributed by atoms with E-state index in [-0.39, 0.29) is 5.54 Å². The van der Waals surface area contributed by atoms with Gasteiger partial charge in [0.05, 0.1) is 6.54 Å². The molecule has 1 aromatic heterocycles. The van der Waals surface area contributed by atoms with Crippen molar-refractivity contribution < 1.29 is 4.42 Å². The largest absolute Gasteiger partial charge is 0.460 e. The Balaban J connectivity index is 2.08. The Labute approximate surface area is 117 Å². The smallest absolute Gasteiger partial charge is 0.134 e. The lowest BCUT2D eigenvalue weighted by molar-refractivity contribution is 0.391. The van der Waals surface area contributed by atoms with Crippen molar-refractivity contribution >= 4 is 15.9 Å². The number of nitrogens with one attached hydrogen (secondary N) is 1. The molecular weight excluding hydrogens is 290 g/mol. The van der Waals surface area contributed by atoms with Crippen molar-refractivity contribution in [2.75, 3.05) is 0 Å². The van der Waals surface area contributed by atoms with Gasteiger partial charge in [0.2, 0.25) is 0 Å². The summed E-state index contributed by atoms with van der Waals surface area (Å²) in [5, 5.41) is 3.41. The molecule has 0 amide bonds. The average molecular weight is 308 g/mol. The lowest BCUT2D eigenvalue weighted by Crippen LogP contribution is -2.34. The van der Waals surface area contributed by atoms with Crippen molar-refractivity contribution in [1.29, 1.82) is 0 Å². The Kier molecular flexibility index (Phi) is 3.93. The summed E-state index contributed by atoms with van der Waals surface area (Å²) in [6.45, 7) is 7.18. The molecule has 0 spiro atoms. The van der Waals surface area contributed by atoms with E-state index in [1.54, 1.807) is 0 Å². The Morgan fingerprint density at radius 1 is 1.06 bits per heavy atom. The van der Waals surface area contributed by atoms with E-state index in [1.165, 1.54) is 0 Å². The number of rotatable bonds is 3. The normalized spacial score (nSPS) is 11.8. The van der Waals surface area contributed by atoms with Crippen LogP contribution in [0.5, 0.6) is 0 Å². The fourth-order valence-corrected chi connectivity index (χ4v) is 1.86. The van der Waals surface area contributed by atoms with E-state index >= 15 is 0 Å². The molecule has 0 bridgehead atoms. The van der Waals surface area contributed by atoms with Crippen LogP contribution in [0.15, 0.2) is 45.3 Å². The standard InChI is InChI=1S/C15H18BrNO/c1-15(2,3)17-10-13-8-9-14(18-13)11-4-6-12(16)7-5-11/h4-9,17H,10H2,1-3H3. The lowest BCUT2D eigenvalue weighted by Gasteiger charge is -2.19. The van der Waals surface area contributed by atoms with Gasteiger partial charge in [0.25, 0.3) is 0 Å². The third-order valence-electron chi connectivity index (χ3n) is 2.58. The molecule has 1 aromatic carbocycles. The molecule has 0 aliphatic heterocycles. The van der Waals surface area contributed by atoms with E-state index in [2.05, 4.69) is 42.0 Å². The maximum Gasteiger partial charge on any atom is 0.134 e. The number of benzene rings is 1. The molecule has 0 radical (unpaired) electrons. The molecule has 0 fully saturated rings. The molecule has 2 rings (SSSR count). The van der Waals surface area contributed by atoms with Gasteiger partial charge >= 0.3 is 0 Å². The highest BCUT2D eigenvalue weighted by molar-refractivity contribution is 9.10. The number of hydrogen-bond acceptors (Lipinski definition) is 2. The average Bonchev–Trinajstić information content (AvgIpc) is 2.75. The van der Waals surface area contributed by atoms with Gasteiger partial charge in [0.1, 0.15) is 11.5 Å². The Morgan fingerprint density at radius 3 is 2.33 bits per heavy atom. The van der Waals surface area contributed by atoms with Gasteiger partial charge in [0.15, 0.2) is 0 Å². The molecule has 0 saturated heterocycles. The summed E-state index contributed by atoms with van der Waals surface area (Å²) in [6.07, 6.45) is 0. The summed E-state index contributed by atoms with van der Waals surface area (Å²) < 4.78 is 6.90. The van der Waals surface area contributed by atoms with E-state index in [0.717, 1.165) is 28.1 Å². The van der Waals surface area contributed by atoms with E-state index in [4.69, 9.17) is 4.42 Å². The van der Waals surface area contributed by atoms with Crippen molar-refractivity contribution in [2.45, 2.75) is 32.9 Å². The quantitative estimate of drug-likeness (QED) is 0.896. The molecule has 0 unspecified atom stereocenters. The molecule has 1 heterocycles. The maximum atomic E-state index is 5.83. The Bertz CT molecular complexity index is 508. The zero-order chi connectivity index (χ0) is 13.2. The highest BCUT2D eigenvalue weighted by Crippen LogP contribution is 2.24. The van der Waals surface area contributed by atoms with Crippen LogP contribution in [0.4, 0.5) is 0 Å². The predicted octanol–water partition coefficient (Wildman–Crippen LogP) is 4.60. The molecule has 0 aliphatic carbocycles. The van der Waals surface area contributed by atoms with Gasteiger partial charge in [-0.15, -0.1) is 0 Å². The first kappa shape index (κ1) is 13.4. The third kappa shape index (κ3) is 3.72. The van der Waals surface area contributed by atoms with Gasteiger partial charge in [-0.3, -0.25) is 0 Å². The van der Waals surface area contributed by atoms with Crippen LogP contribution in [0.1, 0.15) is 26.5 Å². The van der Waals surface area contributed by atoms with Crippen molar-refractivity contribution in [3.8, 4) is 11.3 Å². The van der Waals surface area contributed by atoms with Gasteiger partial charge in [0, 0.05) is 15.6 Å². The van der Waals surface area contributed by atoms with Crippen LogP contribution in [0, 0.1) is 0 Å².